The van der Waals surface area contributed by atoms with E-state index in [1.54, 1.807) is 6.20 Å². The van der Waals surface area contributed by atoms with Crippen molar-refractivity contribution in [3.05, 3.63) is 77.9 Å². The van der Waals surface area contributed by atoms with Gasteiger partial charge in [0.1, 0.15) is 0 Å². The van der Waals surface area contributed by atoms with E-state index in [0.29, 0.717) is 0 Å². The molecule has 0 amide bonds. The van der Waals surface area contributed by atoms with Crippen molar-refractivity contribution >= 4 is 35.6 Å². The summed E-state index contributed by atoms with van der Waals surface area (Å²) in [6, 6.07) is 12.6. The molecule has 1 aromatic heterocycles. The number of benzene rings is 1. The van der Waals surface area contributed by atoms with Gasteiger partial charge in [-0.1, -0.05) is 68.1 Å². The summed E-state index contributed by atoms with van der Waals surface area (Å²) in [5.74, 6) is 0. The molecule has 27 heavy (non-hydrogen) atoms. The topological polar surface area (TPSA) is 17.8 Å². The van der Waals surface area contributed by atoms with Crippen LogP contribution in [0.5, 0.6) is 0 Å². The van der Waals surface area contributed by atoms with Crippen LogP contribution in [0, 0.1) is 11.5 Å². The first kappa shape index (κ1) is 26.0. The number of hydrogen-bond donors (Lipinski definition) is 0. The first-order valence-corrected chi connectivity index (χ1v) is 8.33. The molecule has 0 N–H and O–H groups in total. The van der Waals surface area contributed by atoms with E-state index in [0.717, 1.165) is 0 Å². The Balaban J connectivity index is 0.000000473. The second-order valence-electron chi connectivity index (χ2n) is 6.90. The maximum atomic E-state index is 4.05. The molecule has 0 saturated carbocycles. The summed E-state index contributed by atoms with van der Waals surface area (Å²) in [7, 11) is 0. The van der Waals surface area contributed by atoms with E-state index in [2.05, 4.69) is 82.1 Å². The Morgan fingerprint density at radius 3 is 2.19 bits per heavy atom. The summed E-state index contributed by atoms with van der Waals surface area (Å²) in [4.78, 5) is 4.05. The summed E-state index contributed by atoms with van der Waals surface area (Å²) >= 11 is 0. The van der Waals surface area contributed by atoms with Crippen molar-refractivity contribution < 1.29 is 26.2 Å². The molecule has 0 atom stereocenters. The van der Waals surface area contributed by atoms with Crippen LogP contribution in [-0.4, -0.2) is 9.55 Å². The number of aromatic nitrogens is 2. The summed E-state index contributed by atoms with van der Waals surface area (Å²) < 4.78 is 2.03. The van der Waals surface area contributed by atoms with Crippen molar-refractivity contribution in [1.29, 1.82) is 0 Å². The molecule has 0 fully saturated rings. The monoisotopic (exact) mass is 478 g/mol. The standard InChI is InChI=1S/C12H9N2.C10H15.2ClH.Zr/c1-2-4-11-10(3-1)5-6-12(11)14-8-7-13-9-14;1-7-6-10(4,5)9(3)8(7)2;;;/h1-9H;1-5H3;2*1H;/q2*-1;;;+2. The van der Waals surface area contributed by atoms with Crippen LogP contribution in [0.15, 0.2) is 71.8 Å². The maximum Gasteiger partial charge on any atom is 2.00 e. The minimum atomic E-state index is 0. The van der Waals surface area contributed by atoms with Crippen LogP contribution in [0.2, 0.25) is 0 Å². The number of allylic oxidation sites excluding steroid dienone is 4. The molecular formula is C22H26Cl2N2Zr. The van der Waals surface area contributed by atoms with Gasteiger partial charge in [-0.05, 0) is 11.9 Å². The number of halogens is 2. The van der Waals surface area contributed by atoms with Crippen molar-refractivity contribution in [3.8, 4) is 5.69 Å². The SMILES string of the molecule is CC1=[C-]C(C)(C)C(C)=C1C.Cl.Cl.[Zr+2].c1ccc2c(c1)cc[c-]2-n1ccnc1. The molecule has 0 spiro atoms. The number of hydrogen-bond acceptors (Lipinski definition) is 1. The maximum absolute atomic E-state index is 4.05. The summed E-state index contributed by atoms with van der Waals surface area (Å²) in [6.45, 7) is 10.9. The fraction of sp³-hybridized carbons (Fsp3) is 0.273. The Morgan fingerprint density at radius 2 is 1.70 bits per heavy atom. The second-order valence-corrected chi connectivity index (χ2v) is 6.90. The van der Waals surface area contributed by atoms with Crippen LogP contribution >= 0.6 is 24.8 Å². The van der Waals surface area contributed by atoms with Gasteiger partial charge in [-0.25, -0.2) is 5.57 Å². The average molecular weight is 481 g/mol. The fourth-order valence-corrected chi connectivity index (χ4v) is 3.17. The molecule has 2 aromatic carbocycles. The van der Waals surface area contributed by atoms with Crippen LogP contribution < -0.4 is 0 Å². The number of fused-ring (bicyclic) bond motifs is 1. The molecule has 1 heterocycles. The van der Waals surface area contributed by atoms with Gasteiger partial charge in [-0.15, -0.1) is 43.9 Å². The molecule has 0 unspecified atom stereocenters. The third-order valence-electron chi connectivity index (χ3n) is 5.00. The van der Waals surface area contributed by atoms with E-state index < -0.39 is 0 Å². The molecule has 0 saturated heterocycles. The van der Waals surface area contributed by atoms with Gasteiger partial charge in [0.25, 0.3) is 0 Å². The van der Waals surface area contributed by atoms with E-state index in [1.165, 1.54) is 33.2 Å². The van der Waals surface area contributed by atoms with E-state index in [-0.39, 0.29) is 56.4 Å². The molecule has 142 valence electrons. The van der Waals surface area contributed by atoms with Crippen molar-refractivity contribution in [2.75, 3.05) is 0 Å². The van der Waals surface area contributed by atoms with Crippen LogP contribution in [0.4, 0.5) is 0 Å². The Labute approximate surface area is 194 Å². The van der Waals surface area contributed by atoms with Gasteiger partial charge in [-0.3, -0.25) is 11.1 Å². The van der Waals surface area contributed by atoms with Gasteiger partial charge in [0.15, 0.2) is 0 Å². The fourth-order valence-electron chi connectivity index (χ4n) is 3.17. The molecule has 0 aliphatic heterocycles. The summed E-state index contributed by atoms with van der Waals surface area (Å²) in [6.07, 6.45) is 9.01. The zero-order valence-corrected chi connectivity index (χ0v) is 20.5. The van der Waals surface area contributed by atoms with Crippen LogP contribution in [-0.2, 0) is 26.2 Å². The molecule has 1 aliphatic carbocycles. The molecule has 3 aromatic rings. The summed E-state index contributed by atoms with van der Waals surface area (Å²) in [5.41, 5.74) is 5.59. The number of rotatable bonds is 1. The van der Waals surface area contributed by atoms with Gasteiger partial charge in [0.2, 0.25) is 0 Å². The molecule has 5 heteroatoms. The first-order chi connectivity index (χ1) is 11.4. The zero-order chi connectivity index (χ0) is 17.3. The Bertz CT molecular complexity index is 919. The third-order valence-corrected chi connectivity index (χ3v) is 5.00. The zero-order valence-electron chi connectivity index (χ0n) is 16.4. The van der Waals surface area contributed by atoms with E-state index in [1.807, 2.05) is 17.1 Å². The minimum absolute atomic E-state index is 0. The average Bonchev–Trinajstić information content (AvgIpc) is 3.25. The number of imidazole rings is 1. The number of nitrogens with zero attached hydrogens (tertiary/aromatic N) is 2. The molecule has 0 bridgehead atoms. The Kier molecular flexibility index (Phi) is 10.1. The first-order valence-electron chi connectivity index (χ1n) is 8.33. The van der Waals surface area contributed by atoms with Gasteiger partial charge in [0.05, 0.1) is 0 Å². The minimum Gasteiger partial charge on any atom is -0.386 e. The molecule has 1 aliphatic rings. The van der Waals surface area contributed by atoms with Crippen molar-refractivity contribution in [1.82, 2.24) is 9.55 Å². The molecule has 0 radical (unpaired) electrons. The van der Waals surface area contributed by atoms with Crippen LogP contribution in [0.25, 0.3) is 16.5 Å². The molecule has 2 nitrogen and oxygen atoms in total. The van der Waals surface area contributed by atoms with E-state index in [9.17, 15) is 0 Å². The van der Waals surface area contributed by atoms with Gasteiger partial charge in [0, 0.05) is 12.5 Å². The van der Waals surface area contributed by atoms with Crippen molar-refractivity contribution in [3.63, 3.8) is 0 Å². The quantitative estimate of drug-likeness (QED) is 0.355. The van der Waals surface area contributed by atoms with Crippen LogP contribution in [0.1, 0.15) is 34.6 Å². The largest absolute Gasteiger partial charge is 2.00 e. The normalized spacial score (nSPS) is 14.3. The summed E-state index contributed by atoms with van der Waals surface area (Å²) in [5, 5.41) is 2.54. The van der Waals surface area contributed by atoms with E-state index in [4.69, 9.17) is 0 Å². The predicted octanol–water partition coefficient (Wildman–Crippen LogP) is 6.70. The molecular weight excluding hydrogens is 454 g/mol. The Hall–Kier alpha value is -1.02. The van der Waals surface area contributed by atoms with Gasteiger partial charge in [-0.2, -0.15) is 11.1 Å². The van der Waals surface area contributed by atoms with Gasteiger partial charge < -0.3 is 4.57 Å². The van der Waals surface area contributed by atoms with Crippen LogP contribution in [0.3, 0.4) is 0 Å². The molecule has 4 rings (SSSR count). The predicted molar refractivity (Wildman–Crippen MR) is 116 cm³/mol. The second kappa shape index (κ2) is 10.5. The van der Waals surface area contributed by atoms with Crippen molar-refractivity contribution in [2.24, 2.45) is 5.41 Å². The van der Waals surface area contributed by atoms with Crippen molar-refractivity contribution in [2.45, 2.75) is 34.6 Å². The Morgan fingerprint density at radius 1 is 1.04 bits per heavy atom. The smallest absolute Gasteiger partial charge is 0.386 e. The van der Waals surface area contributed by atoms with Gasteiger partial charge >= 0.3 is 26.2 Å². The third kappa shape index (κ3) is 5.50. The van der Waals surface area contributed by atoms with E-state index >= 15 is 0 Å².